The molecule has 4 atom stereocenters. The van der Waals surface area contributed by atoms with Crippen molar-refractivity contribution in [2.24, 2.45) is 28.6 Å². The van der Waals surface area contributed by atoms with Crippen molar-refractivity contribution in [1.82, 2.24) is 31.1 Å². The third kappa shape index (κ3) is 9.05. The molecule has 0 aromatic heterocycles. The number of hydrogen-bond donors (Lipinski definition) is 5. The summed E-state index contributed by atoms with van der Waals surface area (Å²) in [6.07, 6.45) is 6.49. The number of rotatable bonds is 12. The number of carbonyl (C=O) groups is 2. The van der Waals surface area contributed by atoms with Crippen molar-refractivity contribution in [3.8, 4) is 23.3 Å². The maximum Gasteiger partial charge on any atom is 0.244 e. The molecule has 66 heavy (non-hydrogen) atoms. The molecule has 9 rings (SSSR count). The highest BCUT2D eigenvalue weighted by molar-refractivity contribution is 6.31. The maximum absolute atomic E-state index is 13.6. The van der Waals surface area contributed by atoms with Crippen LogP contribution in [0.4, 0.5) is 5.69 Å². The van der Waals surface area contributed by atoms with E-state index in [1.165, 1.54) is 24.9 Å². The molecule has 0 spiro atoms. The summed E-state index contributed by atoms with van der Waals surface area (Å²) in [4.78, 5) is 33.2. The Labute approximate surface area is 395 Å². The van der Waals surface area contributed by atoms with E-state index in [1.807, 2.05) is 36.5 Å². The molecular formula is C52H67ClN8O5. The van der Waals surface area contributed by atoms with Crippen LogP contribution in [0.5, 0.6) is 17.2 Å². The molecule has 5 fully saturated rings. The van der Waals surface area contributed by atoms with Gasteiger partial charge in [-0.1, -0.05) is 45.4 Å². The van der Waals surface area contributed by atoms with Crippen molar-refractivity contribution in [2.75, 3.05) is 57.8 Å². The van der Waals surface area contributed by atoms with Crippen LogP contribution in [-0.4, -0.2) is 110 Å². The fourth-order valence-electron chi connectivity index (χ4n) is 12.1. The molecule has 3 aromatic carbocycles. The molecule has 1 aliphatic carbocycles. The quantitative estimate of drug-likeness (QED) is 0.136. The Morgan fingerprint density at radius 1 is 0.939 bits per heavy atom. The average Bonchev–Trinajstić information content (AvgIpc) is 3.78. The van der Waals surface area contributed by atoms with E-state index in [-0.39, 0.29) is 59.0 Å². The summed E-state index contributed by atoms with van der Waals surface area (Å²) in [5.74, 6) is 3.62. The van der Waals surface area contributed by atoms with Crippen LogP contribution < -0.4 is 35.6 Å². The van der Waals surface area contributed by atoms with E-state index in [0.717, 1.165) is 74.1 Å². The zero-order valence-corrected chi connectivity index (χ0v) is 40.3. The van der Waals surface area contributed by atoms with E-state index in [9.17, 15) is 20.0 Å². The van der Waals surface area contributed by atoms with E-state index >= 15 is 0 Å². The van der Waals surface area contributed by atoms with Crippen molar-refractivity contribution < 1.29 is 24.2 Å². The van der Waals surface area contributed by atoms with Gasteiger partial charge < -0.3 is 40.3 Å². The zero-order valence-electron chi connectivity index (χ0n) is 39.5. The number of amides is 2. The van der Waals surface area contributed by atoms with E-state index in [1.54, 1.807) is 44.0 Å². The summed E-state index contributed by atoms with van der Waals surface area (Å²) < 4.78 is 13.0. The average molecular weight is 920 g/mol. The van der Waals surface area contributed by atoms with E-state index in [2.05, 4.69) is 77.0 Å². The fourth-order valence-corrected chi connectivity index (χ4v) is 12.3. The normalized spacial score (nSPS) is 27.8. The Morgan fingerprint density at radius 2 is 1.65 bits per heavy atom. The zero-order chi connectivity index (χ0) is 46.7. The van der Waals surface area contributed by atoms with Gasteiger partial charge in [-0.25, -0.2) is 0 Å². The van der Waals surface area contributed by atoms with Crippen molar-refractivity contribution in [3.05, 3.63) is 88.6 Å². The number of ether oxygens (including phenoxy) is 2. The number of aliphatic hydroxyl groups is 1. The Balaban J connectivity index is 0.712. The lowest BCUT2D eigenvalue weighted by molar-refractivity contribution is -0.174. The van der Waals surface area contributed by atoms with Gasteiger partial charge in [-0.15, -0.1) is 0 Å². The number of piperidine rings is 1. The predicted octanol–water partition coefficient (Wildman–Crippen LogP) is 6.45. The van der Waals surface area contributed by atoms with Gasteiger partial charge in [0.1, 0.15) is 29.4 Å². The monoisotopic (exact) mass is 918 g/mol. The molecule has 2 amide bonds. The number of halogens is 1. The lowest BCUT2D eigenvalue weighted by Gasteiger charge is -2.63. The number of benzene rings is 3. The van der Waals surface area contributed by atoms with Gasteiger partial charge in [-0.05, 0) is 131 Å². The number of likely N-dealkylation sites (tertiary alicyclic amines) is 1. The number of nitriles is 1. The van der Waals surface area contributed by atoms with Crippen LogP contribution in [0.1, 0.15) is 83.9 Å². The number of carbonyl (C=O) groups excluding carboxylic acids is 2. The molecule has 352 valence electrons. The lowest BCUT2D eigenvalue weighted by atomic mass is 9.49. The van der Waals surface area contributed by atoms with Gasteiger partial charge in [-0.2, -0.15) is 5.26 Å². The van der Waals surface area contributed by atoms with Crippen LogP contribution in [-0.2, 0) is 15.2 Å². The molecule has 1 saturated carbocycles. The lowest BCUT2D eigenvalue weighted by Crippen LogP contribution is -2.76. The Bertz CT molecular complexity index is 2350. The number of hydrogen-bond acceptors (Lipinski definition) is 11. The SMILES string of the molecule is CN1C=C(c2cc(C(C)(C)O)ccc2Oc2ccc(N3CC(CC4CCN(C5CNC(C(=O)NC6C(C)(C)C(Oc7ccc(C#N)c(Cl)c7)C6(C)C)CN5)CC4)C3)cc2)C2CCNC2C1=O. The highest BCUT2D eigenvalue weighted by atomic mass is 35.5. The minimum absolute atomic E-state index is 0.00838. The summed E-state index contributed by atoms with van der Waals surface area (Å²) in [5.41, 5.74) is 2.71. The van der Waals surface area contributed by atoms with Gasteiger partial charge in [0.2, 0.25) is 11.8 Å². The number of piperazine rings is 1. The molecule has 13 nitrogen and oxygen atoms in total. The van der Waals surface area contributed by atoms with Gasteiger partial charge in [0.25, 0.3) is 0 Å². The Morgan fingerprint density at radius 3 is 2.30 bits per heavy atom. The first-order valence-electron chi connectivity index (χ1n) is 23.9. The predicted molar refractivity (Wildman–Crippen MR) is 257 cm³/mol. The second kappa shape index (κ2) is 18.1. The molecule has 0 bridgehead atoms. The minimum atomic E-state index is -1.02. The summed E-state index contributed by atoms with van der Waals surface area (Å²) in [6, 6.07) is 20.9. The molecule has 4 unspecified atom stereocenters. The number of nitrogens with zero attached hydrogens (tertiary/aromatic N) is 4. The van der Waals surface area contributed by atoms with Gasteiger partial charge >= 0.3 is 0 Å². The Hall–Kier alpha value is -4.68. The van der Waals surface area contributed by atoms with E-state index in [0.29, 0.717) is 34.5 Å². The second-order valence-corrected chi connectivity index (χ2v) is 21.8. The van der Waals surface area contributed by atoms with Crippen molar-refractivity contribution in [3.63, 3.8) is 0 Å². The highest BCUT2D eigenvalue weighted by Gasteiger charge is 2.64. The molecule has 5 heterocycles. The number of anilines is 1. The van der Waals surface area contributed by atoms with Gasteiger partial charge in [0, 0.05) is 79.5 Å². The second-order valence-electron chi connectivity index (χ2n) is 21.4. The molecule has 5 aliphatic heterocycles. The number of nitrogens with one attached hydrogen (secondary N) is 4. The largest absolute Gasteiger partial charge is 0.489 e. The Kier molecular flexibility index (Phi) is 12.7. The number of likely N-dealkylation sites (N-methyl/N-ethyl adjacent to an activating group) is 1. The summed E-state index contributed by atoms with van der Waals surface area (Å²) >= 11 is 6.28. The number of fused-ring (bicyclic) bond motifs is 1. The van der Waals surface area contributed by atoms with Crippen LogP contribution >= 0.6 is 11.6 Å². The highest BCUT2D eigenvalue weighted by Crippen LogP contribution is 2.55. The molecule has 4 saturated heterocycles. The van der Waals surface area contributed by atoms with Crippen molar-refractivity contribution >= 4 is 34.7 Å². The summed E-state index contributed by atoms with van der Waals surface area (Å²) in [7, 11) is 1.80. The maximum atomic E-state index is 13.6. The smallest absolute Gasteiger partial charge is 0.244 e. The van der Waals surface area contributed by atoms with Gasteiger partial charge in [-0.3, -0.25) is 19.8 Å². The van der Waals surface area contributed by atoms with Gasteiger partial charge in [0.05, 0.1) is 34.4 Å². The third-order valence-electron chi connectivity index (χ3n) is 15.6. The summed E-state index contributed by atoms with van der Waals surface area (Å²) in [5, 5.41) is 34.5. The minimum Gasteiger partial charge on any atom is -0.489 e. The molecule has 5 N–H and O–H groups in total. The molecule has 0 radical (unpaired) electrons. The summed E-state index contributed by atoms with van der Waals surface area (Å²) in [6.45, 7) is 18.4. The molecule has 14 heteroatoms. The standard InChI is InChI=1S/C52H67ClN8O5/c1-50(2)48(51(3,4)49(50)66-37-12-8-33(25-54)41(53)24-37)58-46(62)42-26-57-44(27-56-42)60-20-17-31(18-21-60)22-32-28-61(29-32)35-10-13-36(14-11-35)65-43-15-9-34(52(5,6)64)23-39(43)40-30-59(7)47(63)45-38(40)16-19-55-45/h8-15,23-24,30-32,38,42,44-45,48-49,55-57,64H,16-22,26-29H2,1-7H3,(H,58,62). The van der Waals surface area contributed by atoms with Crippen molar-refractivity contribution in [1.29, 1.82) is 5.26 Å². The van der Waals surface area contributed by atoms with E-state index in [4.69, 9.17) is 21.1 Å². The first kappa shape index (κ1) is 46.4. The molecule has 6 aliphatic rings. The van der Waals surface area contributed by atoms with Crippen LogP contribution in [0.2, 0.25) is 5.02 Å². The van der Waals surface area contributed by atoms with Crippen LogP contribution in [0.15, 0.2) is 66.9 Å². The molecule has 3 aromatic rings. The van der Waals surface area contributed by atoms with Crippen molar-refractivity contribution in [2.45, 2.75) is 103 Å². The first-order chi connectivity index (χ1) is 31.4. The van der Waals surface area contributed by atoms with Crippen LogP contribution in [0.3, 0.4) is 0 Å². The van der Waals surface area contributed by atoms with Gasteiger partial charge in [0.15, 0.2) is 0 Å². The van der Waals surface area contributed by atoms with Crippen LogP contribution in [0.25, 0.3) is 5.57 Å². The first-order valence-corrected chi connectivity index (χ1v) is 24.3. The topological polar surface area (TPSA) is 154 Å². The van der Waals surface area contributed by atoms with Crippen LogP contribution in [0, 0.1) is 39.9 Å². The third-order valence-corrected chi connectivity index (χ3v) is 15.9. The fraction of sp³-hybridized carbons (Fsp3) is 0.558. The van der Waals surface area contributed by atoms with E-state index < -0.39 is 5.60 Å². The molecular weight excluding hydrogens is 852 g/mol.